The molecule has 3 heteroatoms. The van der Waals surface area contributed by atoms with Gasteiger partial charge in [-0.05, 0) is 26.0 Å². The van der Waals surface area contributed by atoms with Crippen LogP contribution in [0, 0.1) is 12.3 Å². The first-order valence-corrected chi connectivity index (χ1v) is 4.29. The van der Waals surface area contributed by atoms with Crippen LogP contribution in [0.25, 0.3) is 0 Å². The highest BCUT2D eigenvalue weighted by atomic mass is 35.5. The summed E-state index contributed by atoms with van der Waals surface area (Å²) >= 11 is 5.89. The van der Waals surface area contributed by atoms with Gasteiger partial charge in [0.25, 0.3) is 0 Å². The molecule has 0 radical (unpaired) electrons. The Morgan fingerprint density at radius 1 is 1.62 bits per heavy atom. The molecular formula is C10H11ClN2. The Bertz CT molecular complexity index is 339. The van der Waals surface area contributed by atoms with Gasteiger partial charge in [-0.1, -0.05) is 17.5 Å². The van der Waals surface area contributed by atoms with Crippen LogP contribution in [0.2, 0.25) is 5.02 Å². The molecule has 0 aliphatic heterocycles. The molecular weight excluding hydrogens is 184 g/mol. The molecule has 0 unspecified atom stereocenters. The second-order valence-corrected chi connectivity index (χ2v) is 3.64. The molecule has 2 nitrogen and oxygen atoms in total. The third kappa shape index (κ3) is 2.64. The number of rotatable bonds is 2. The molecule has 0 aliphatic carbocycles. The molecule has 1 N–H and O–H groups in total. The number of nitrogens with one attached hydrogen (secondary N) is 1. The van der Waals surface area contributed by atoms with Gasteiger partial charge < -0.3 is 5.32 Å². The van der Waals surface area contributed by atoms with Crippen LogP contribution >= 0.6 is 11.6 Å². The topological polar surface area (TPSA) is 24.9 Å². The molecule has 0 fully saturated rings. The fourth-order valence-corrected chi connectivity index (χ4v) is 0.979. The zero-order valence-corrected chi connectivity index (χ0v) is 8.39. The molecule has 13 heavy (non-hydrogen) atoms. The summed E-state index contributed by atoms with van der Waals surface area (Å²) < 4.78 is 0. The summed E-state index contributed by atoms with van der Waals surface area (Å²) in [5.41, 5.74) is -0.433. The summed E-state index contributed by atoms with van der Waals surface area (Å²) in [6.07, 6.45) is 6.99. The molecule has 0 aliphatic rings. The van der Waals surface area contributed by atoms with E-state index in [2.05, 4.69) is 16.2 Å². The highest BCUT2D eigenvalue weighted by Crippen LogP contribution is 2.20. The maximum absolute atomic E-state index is 5.89. The van der Waals surface area contributed by atoms with Gasteiger partial charge in [0.05, 0.1) is 10.6 Å². The Kier molecular flexibility index (Phi) is 2.79. The van der Waals surface area contributed by atoms with Gasteiger partial charge >= 0.3 is 0 Å². The first-order valence-electron chi connectivity index (χ1n) is 3.91. The Balaban J connectivity index is 2.88. The van der Waals surface area contributed by atoms with Crippen molar-refractivity contribution in [2.75, 3.05) is 5.32 Å². The number of terminal acetylenes is 1. The smallest absolute Gasteiger partial charge is 0.145 e. The monoisotopic (exact) mass is 194 g/mol. The molecule has 1 heterocycles. The predicted octanol–water partition coefficient (Wildman–Crippen LogP) is 2.56. The summed E-state index contributed by atoms with van der Waals surface area (Å²) in [7, 11) is 0. The zero-order valence-electron chi connectivity index (χ0n) is 7.63. The number of halogens is 1. The standard InChI is InChI=1S/C10H11ClN2/c1-4-10(2,3)13-9-8(11)6-5-7-12-9/h1,5-7H,2-3H3,(H,12,13). The van der Waals surface area contributed by atoms with Crippen LogP contribution in [-0.4, -0.2) is 10.5 Å². The van der Waals surface area contributed by atoms with E-state index in [1.165, 1.54) is 0 Å². The minimum absolute atomic E-state index is 0.433. The summed E-state index contributed by atoms with van der Waals surface area (Å²) in [5.74, 6) is 3.22. The third-order valence-electron chi connectivity index (χ3n) is 1.55. The Labute approximate surface area is 83.3 Å². The number of aromatic nitrogens is 1. The molecule has 0 saturated heterocycles. The van der Waals surface area contributed by atoms with Crippen molar-refractivity contribution in [1.29, 1.82) is 0 Å². The molecule has 0 bridgehead atoms. The number of anilines is 1. The van der Waals surface area contributed by atoms with Crippen molar-refractivity contribution in [2.24, 2.45) is 0 Å². The Morgan fingerprint density at radius 3 is 2.85 bits per heavy atom. The lowest BCUT2D eigenvalue weighted by Gasteiger charge is -2.20. The van der Waals surface area contributed by atoms with Crippen LogP contribution in [0.3, 0.4) is 0 Å². The Morgan fingerprint density at radius 2 is 2.31 bits per heavy atom. The lowest BCUT2D eigenvalue weighted by atomic mass is 10.1. The van der Waals surface area contributed by atoms with Gasteiger partial charge in [0.2, 0.25) is 0 Å². The molecule has 0 aromatic carbocycles. The van der Waals surface area contributed by atoms with Crippen molar-refractivity contribution in [1.82, 2.24) is 4.98 Å². The average molecular weight is 195 g/mol. The van der Waals surface area contributed by atoms with Gasteiger partial charge in [0, 0.05) is 6.20 Å². The van der Waals surface area contributed by atoms with E-state index >= 15 is 0 Å². The largest absolute Gasteiger partial charge is 0.353 e. The summed E-state index contributed by atoms with van der Waals surface area (Å²) in [4.78, 5) is 4.07. The van der Waals surface area contributed by atoms with Crippen LogP contribution < -0.4 is 5.32 Å². The molecule has 68 valence electrons. The minimum atomic E-state index is -0.433. The zero-order chi connectivity index (χ0) is 9.90. The Hall–Kier alpha value is -1.20. The minimum Gasteiger partial charge on any atom is -0.353 e. The third-order valence-corrected chi connectivity index (χ3v) is 1.86. The SMILES string of the molecule is C#CC(C)(C)Nc1ncccc1Cl. The number of hydrogen-bond acceptors (Lipinski definition) is 2. The summed E-state index contributed by atoms with van der Waals surface area (Å²) in [6.45, 7) is 3.77. The second kappa shape index (κ2) is 3.68. The highest BCUT2D eigenvalue weighted by Gasteiger charge is 2.14. The van der Waals surface area contributed by atoms with Crippen LogP contribution in [0.15, 0.2) is 18.3 Å². The lowest BCUT2D eigenvalue weighted by molar-refractivity contribution is 0.736. The van der Waals surface area contributed by atoms with E-state index in [1.54, 1.807) is 18.3 Å². The fraction of sp³-hybridized carbons (Fsp3) is 0.300. The van der Waals surface area contributed by atoms with Crippen LogP contribution in [0.5, 0.6) is 0 Å². The van der Waals surface area contributed by atoms with Crippen molar-refractivity contribution >= 4 is 17.4 Å². The van der Waals surface area contributed by atoms with E-state index in [9.17, 15) is 0 Å². The van der Waals surface area contributed by atoms with Gasteiger partial charge in [0.15, 0.2) is 0 Å². The fourth-order valence-electron chi connectivity index (χ4n) is 0.810. The first-order chi connectivity index (χ1) is 6.05. The molecule has 0 amide bonds. The predicted molar refractivity (Wildman–Crippen MR) is 55.8 cm³/mol. The van der Waals surface area contributed by atoms with Crippen molar-refractivity contribution in [3.8, 4) is 12.3 Å². The first kappa shape index (κ1) is 9.88. The van der Waals surface area contributed by atoms with Crippen molar-refractivity contribution in [3.63, 3.8) is 0 Å². The summed E-state index contributed by atoms with van der Waals surface area (Å²) in [5, 5.41) is 3.63. The van der Waals surface area contributed by atoms with Gasteiger partial charge in [-0.3, -0.25) is 0 Å². The summed E-state index contributed by atoms with van der Waals surface area (Å²) in [6, 6.07) is 3.54. The van der Waals surface area contributed by atoms with Gasteiger partial charge in [0.1, 0.15) is 5.82 Å². The van der Waals surface area contributed by atoms with E-state index in [1.807, 2.05) is 13.8 Å². The maximum Gasteiger partial charge on any atom is 0.145 e. The second-order valence-electron chi connectivity index (χ2n) is 3.23. The van der Waals surface area contributed by atoms with Crippen LogP contribution in [-0.2, 0) is 0 Å². The van der Waals surface area contributed by atoms with Crippen LogP contribution in [0.1, 0.15) is 13.8 Å². The number of pyridine rings is 1. The maximum atomic E-state index is 5.89. The van der Waals surface area contributed by atoms with Gasteiger partial charge in [-0.25, -0.2) is 4.98 Å². The quantitative estimate of drug-likeness (QED) is 0.732. The van der Waals surface area contributed by atoms with Gasteiger partial charge in [-0.15, -0.1) is 6.42 Å². The molecule has 1 aromatic rings. The molecule has 0 saturated carbocycles. The molecule has 0 spiro atoms. The molecule has 0 atom stereocenters. The van der Waals surface area contributed by atoms with Crippen molar-refractivity contribution in [3.05, 3.63) is 23.4 Å². The van der Waals surface area contributed by atoms with Gasteiger partial charge in [-0.2, -0.15) is 0 Å². The highest BCUT2D eigenvalue weighted by molar-refractivity contribution is 6.32. The van der Waals surface area contributed by atoms with E-state index in [4.69, 9.17) is 18.0 Å². The van der Waals surface area contributed by atoms with E-state index in [0.717, 1.165) is 0 Å². The molecule has 1 rings (SSSR count). The van der Waals surface area contributed by atoms with E-state index in [-0.39, 0.29) is 0 Å². The van der Waals surface area contributed by atoms with Crippen LogP contribution in [0.4, 0.5) is 5.82 Å². The van der Waals surface area contributed by atoms with Crippen molar-refractivity contribution < 1.29 is 0 Å². The lowest BCUT2D eigenvalue weighted by Crippen LogP contribution is -2.29. The average Bonchev–Trinajstić information content (AvgIpc) is 2.09. The molecule has 1 aromatic heterocycles. The number of hydrogen-bond donors (Lipinski definition) is 1. The van der Waals surface area contributed by atoms with Crippen molar-refractivity contribution in [2.45, 2.75) is 19.4 Å². The normalized spacial score (nSPS) is 10.6. The van der Waals surface area contributed by atoms with E-state index < -0.39 is 5.54 Å². The van der Waals surface area contributed by atoms with E-state index in [0.29, 0.717) is 10.8 Å². The number of nitrogens with zero attached hydrogens (tertiary/aromatic N) is 1.